The third-order valence-corrected chi connectivity index (χ3v) is 4.28. The summed E-state index contributed by atoms with van der Waals surface area (Å²) in [6.45, 7) is 2.25. The van der Waals surface area contributed by atoms with Crippen LogP contribution in [0, 0.1) is 0 Å². The number of esters is 1. The van der Waals surface area contributed by atoms with Crippen LogP contribution in [0.15, 0.2) is 30.3 Å². The second kappa shape index (κ2) is 13.0. The Kier molecular flexibility index (Phi) is 11.2. The molecule has 136 valence electrons. The minimum absolute atomic E-state index is 0.0968. The molecule has 0 spiro atoms. The minimum atomic E-state index is -0.294. The van der Waals surface area contributed by atoms with Gasteiger partial charge in [-0.1, -0.05) is 88.6 Å². The maximum Gasteiger partial charge on any atom is 0.307 e. The van der Waals surface area contributed by atoms with E-state index in [1.54, 1.807) is 0 Å². The number of benzene rings is 1. The molecule has 3 heteroatoms. The predicted octanol–water partition coefficient (Wildman–Crippen LogP) is 5.71. The molecule has 3 nitrogen and oxygen atoms in total. The average Bonchev–Trinajstić information content (AvgIpc) is 2.58. The first kappa shape index (κ1) is 20.7. The van der Waals surface area contributed by atoms with Crippen molar-refractivity contribution in [2.75, 3.05) is 14.1 Å². The molecule has 0 aliphatic heterocycles. The molecule has 0 bridgehead atoms. The fourth-order valence-corrected chi connectivity index (χ4v) is 2.85. The van der Waals surface area contributed by atoms with Crippen molar-refractivity contribution in [1.82, 2.24) is 4.90 Å². The number of nitrogens with zero attached hydrogens (tertiary/aromatic N) is 1. The summed E-state index contributed by atoms with van der Waals surface area (Å²) in [6.07, 6.45) is 11.5. The lowest BCUT2D eigenvalue weighted by Gasteiger charge is -2.24. The molecule has 1 aromatic carbocycles. The van der Waals surface area contributed by atoms with Crippen molar-refractivity contribution in [3.05, 3.63) is 35.9 Å². The Bertz CT molecular complexity index is 431. The molecular formula is C21H35NO2. The lowest BCUT2D eigenvalue weighted by Crippen LogP contribution is -2.25. The Balaban J connectivity index is 2.16. The highest BCUT2D eigenvalue weighted by Gasteiger charge is 2.18. The van der Waals surface area contributed by atoms with Gasteiger partial charge < -0.3 is 4.74 Å². The van der Waals surface area contributed by atoms with Gasteiger partial charge in [0.1, 0.15) is 0 Å². The Hall–Kier alpha value is -1.35. The number of unbranched alkanes of at least 4 members (excludes halogenated alkanes) is 8. The zero-order valence-electron chi connectivity index (χ0n) is 15.8. The van der Waals surface area contributed by atoms with E-state index in [-0.39, 0.29) is 12.2 Å². The Morgan fingerprint density at radius 3 is 2.00 bits per heavy atom. The average molecular weight is 334 g/mol. The molecule has 0 radical (unpaired) electrons. The van der Waals surface area contributed by atoms with E-state index in [0.717, 1.165) is 18.4 Å². The van der Waals surface area contributed by atoms with Crippen LogP contribution in [0.2, 0.25) is 0 Å². The van der Waals surface area contributed by atoms with Crippen molar-refractivity contribution < 1.29 is 9.53 Å². The molecule has 0 amide bonds. The highest BCUT2D eigenvalue weighted by molar-refractivity contribution is 5.69. The monoisotopic (exact) mass is 333 g/mol. The van der Waals surface area contributed by atoms with Crippen LogP contribution >= 0.6 is 0 Å². The highest BCUT2D eigenvalue weighted by Crippen LogP contribution is 2.20. The van der Waals surface area contributed by atoms with E-state index < -0.39 is 0 Å². The van der Waals surface area contributed by atoms with Crippen molar-refractivity contribution in [2.45, 2.75) is 77.4 Å². The molecule has 0 saturated heterocycles. The normalized spacial score (nSPS) is 12.3. The number of hydrogen-bond donors (Lipinski definition) is 0. The molecule has 24 heavy (non-hydrogen) atoms. The summed E-state index contributed by atoms with van der Waals surface area (Å²) in [5.74, 6) is -0.0968. The lowest BCUT2D eigenvalue weighted by atomic mass is 10.1. The molecule has 0 saturated carbocycles. The van der Waals surface area contributed by atoms with E-state index in [0.29, 0.717) is 6.42 Å². The van der Waals surface area contributed by atoms with Gasteiger partial charge in [-0.25, -0.2) is 0 Å². The molecule has 0 aliphatic carbocycles. The van der Waals surface area contributed by atoms with Crippen molar-refractivity contribution >= 4 is 5.97 Å². The van der Waals surface area contributed by atoms with E-state index >= 15 is 0 Å². The fourth-order valence-electron chi connectivity index (χ4n) is 2.85. The van der Waals surface area contributed by atoms with Gasteiger partial charge in [-0.3, -0.25) is 9.69 Å². The third kappa shape index (κ3) is 9.07. The lowest BCUT2D eigenvalue weighted by molar-refractivity contribution is -0.158. The first-order valence-corrected chi connectivity index (χ1v) is 9.56. The van der Waals surface area contributed by atoms with E-state index in [9.17, 15) is 4.79 Å². The Morgan fingerprint density at radius 2 is 1.46 bits per heavy atom. The van der Waals surface area contributed by atoms with Gasteiger partial charge in [0.25, 0.3) is 0 Å². The molecule has 0 heterocycles. The molecule has 0 aliphatic rings. The molecule has 0 aromatic heterocycles. The Morgan fingerprint density at radius 1 is 0.917 bits per heavy atom. The third-order valence-electron chi connectivity index (χ3n) is 4.28. The van der Waals surface area contributed by atoms with Crippen molar-refractivity contribution in [1.29, 1.82) is 0 Å². The van der Waals surface area contributed by atoms with Crippen molar-refractivity contribution in [3.8, 4) is 0 Å². The van der Waals surface area contributed by atoms with Gasteiger partial charge in [-0.15, -0.1) is 0 Å². The summed E-state index contributed by atoms with van der Waals surface area (Å²) in [6, 6.07) is 9.91. The number of ether oxygens (including phenoxy) is 1. The molecule has 0 N–H and O–H groups in total. The van der Waals surface area contributed by atoms with Crippen LogP contribution in [0.25, 0.3) is 0 Å². The largest absolute Gasteiger partial charge is 0.442 e. The zero-order valence-corrected chi connectivity index (χ0v) is 15.8. The zero-order chi connectivity index (χ0) is 17.6. The second-order valence-corrected chi connectivity index (χ2v) is 6.79. The van der Waals surface area contributed by atoms with E-state index in [2.05, 4.69) is 6.92 Å². The molecule has 1 unspecified atom stereocenters. The van der Waals surface area contributed by atoms with E-state index in [1.807, 2.05) is 49.3 Å². The van der Waals surface area contributed by atoms with E-state index in [4.69, 9.17) is 4.74 Å². The fraction of sp³-hybridized carbons (Fsp3) is 0.667. The van der Waals surface area contributed by atoms with E-state index in [1.165, 1.54) is 44.9 Å². The molecule has 1 aromatic rings. The van der Waals surface area contributed by atoms with Crippen LogP contribution in [-0.4, -0.2) is 25.0 Å². The highest BCUT2D eigenvalue weighted by atomic mass is 16.6. The topological polar surface area (TPSA) is 29.5 Å². The summed E-state index contributed by atoms with van der Waals surface area (Å²) < 4.78 is 5.66. The van der Waals surface area contributed by atoms with Crippen LogP contribution in [0.5, 0.6) is 0 Å². The van der Waals surface area contributed by atoms with Crippen LogP contribution in [0.1, 0.15) is 82.9 Å². The van der Waals surface area contributed by atoms with Crippen molar-refractivity contribution in [3.63, 3.8) is 0 Å². The smallest absolute Gasteiger partial charge is 0.307 e. The maximum atomic E-state index is 12.1. The molecule has 1 rings (SSSR count). The number of rotatable bonds is 13. The van der Waals surface area contributed by atoms with Crippen LogP contribution < -0.4 is 0 Å². The minimum Gasteiger partial charge on any atom is -0.442 e. The first-order chi connectivity index (χ1) is 11.6. The number of hydrogen-bond acceptors (Lipinski definition) is 3. The van der Waals surface area contributed by atoms with Gasteiger partial charge in [0.05, 0.1) is 0 Å². The van der Waals surface area contributed by atoms with Gasteiger partial charge in [-0.2, -0.15) is 0 Å². The van der Waals surface area contributed by atoms with Gasteiger partial charge >= 0.3 is 5.97 Å². The summed E-state index contributed by atoms with van der Waals surface area (Å²) in [5.41, 5.74) is 1.02. The SMILES string of the molecule is CCCCCCCCCCCC(=O)OC(c1ccccc1)N(C)C. The summed E-state index contributed by atoms with van der Waals surface area (Å²) in [4.78, 5) is 14.0. The quantitative estimate of drug-likeness (QED) is 0.263. The predicted molar refractivity (Wildman–Crippen MR) is 101 cm³/mol. The molecule has 1 atom stereocenters. The van der Waals surface area contributed by atoms with Gasteiger partial charge in [0, 0.05) is 12.0 Å². The second-order valence-electron chi connectivity index (χ2n) is 6.79. The van der Waals surface area contributed by atoms with Gasteiger partial charge in [0.15, 0.2) is 6.23 Å². The Labute approximate surface area is 148 Å². The van der Waals surface area contributed by atoms with Crippen LogP contribution in [0.4, 0.5) is 0 Å². The number of carbonyl (C=O) groups is 1. The summed E-state index contributed by atoms with van der Waals surface area (Å²) >= 11 is 0. The van der Waals surface area contributed by atoms with Crippen LogP contribution in [-0.2, 0) is 9.53 Å². The summed E-state index contributed by atoms with van der Waals surface area (Å²) in [7, 11) is 3.87. The first-order valence-electron chi connectivity index (χ1n) is 9.56. The standard InChI is InChI=1S/C21H35NO2/c1-4-5-6-7-8-9-10-11-15-18-20(23)24-21(22(2)3)19-16-13-12-14-17-19/h12-14,16-17,21H,4-11,15,18H2,1-3H3. The van der Waals surface area contributed by atoms with Crippen LogP contribution in [0.3, 0.4) is 0 Å². The van der Waals surface area contributed by atoms with Gasteiger partial charge in [-0.05, 0) is 20.5 Å². The summed E-state index contributed by atoms with van der Waals surface area (Å²) in [5, 5.41) is 0. The molecular weight excluding hydrogens is 298 g/mol. The van der Waals surface area contributed by atoms with Crippen molar-refractivity contribution in [2.24, 2.45) is 0 Å². The number of carbonyl (C=O) groups excluding carboxylic acids is 1. The molecule has 0 fully saturated rings. The maximum absolute atomic E-state index is 12.1. The van der Waals surface area contributed by atoms with Gasteiger partial charge in [0.2, 0.25) is 0 Å².